The minimum Gasteiger partial charge on any atom is -0.495 e. The van der Waals surface area contributed by atoms with E-state index in [9.17, 15) is 9.59 Å². The average Bonchev–Trinajstić information content (AvgIpc) is 2.61. The van der Waals surface area contributed by atoms with Crippen LogP contribution in [-0.2, 0) is 20.9 Å². The van der Waals surface area contributed by atoms with Gasteiger partial charge < -0.3 is 19.5 Å². The number of anilines is 1. The Morgan fingerprint density at radius 1 is 1.08 bits per heavy atom. The number of amides is 1. The van der Waals surface area contributed by atoms with Gasteiger partial charge in [-0.05, 0) is 35.9 Å². The third-order valence-corrected chi connectivity index (χ3v) is 3.51. The van der Waals surface area contributed by atoms with E-state index in [0.717, 1.165) is 5.56 Å². The molecule has 0 spiro atoms. The zero-order chi connectivity index (χ0) is 18.2. The van der Waals surface area contributed by atoms with E-state index in [1.807, 2.05) is 0 Å². The van der Waals surface area contributed by atoms with E-state index < -0.39 is 18.5 Å². The van der Waals surface area contributed by atoms with Gasteiger partial charge in [0.15, 0.2) is 6.61 Å². The highest BCUT2D eigenvalue weighted by Crippen LogP contribution is 2.27. The molecule has 6 nitrogen and oxygen atoms in total. The Balaban J connectivity index is 1.91. The van der Waals surface area contributed by atoms with Crippen LogP contribution in [0.5, 0.6) is 5.75 Å². The maximum Gasteiger partial charge on any atom is 0.338 e. The number of esters is 1. The number of carbonyl (C=O) groups excluding carboxylic acids is 2. The molecule has 0 aliphatic heterocycles. The van der Waals surface area contributed by atoms with Gasteiger partial charge in [0.1, 0.15) is 5.75 Å². The van der Waals surface area contributed by atoms with Crippen LogP contribution in [0.2, 0.25) is 5.02 Å². The highest BCUT2D eigenvalue weighted by molar-refractivity contribution is 6.31. The van der Waals surface area contributed by atoms with Gasteiger partial charge in [-0.2, -0.15) is 0 Å². The number of hydrogen-bond acceptors (Lipinski definition) is 5. The van der Waals surface area contributed by atoms with Gasteiger partial charge in [-0.1, -0.05) is 23.7 Å². The second-order valence-electron chi connectivity index (χ2n) is 5.10. The predicted octanol–water partition coefficient (Wildman–Crippen LogP) is 3.29. The van der Waals surface area contributed by atoms with Crippen LogP contribution in [0.4, 0.5) is 5.69 Å². The quantitative estimate of drug-likeness (QED) is 0.764. The monoisotopic (exact) mass is 363 g/mol. The zero-order valence-corrected chi connectivity index (χ0v) is 14.6. The van der Waals surface area contributed by atoms with Crippen molar-refractivity contribution in [2.24, 2.45) is 0 Å². The van der Waals surface area contributed by atoms with Gasteiger partial charge in [0.05, 0.1) is 25.0 Å². The zero-order valence-electron chi connectivity index (χ0n) is 13.9. The van der Waals surface area contributed by atoms with Gasteiger partial charge >= 0.3 is 5.97 Å². The van der Waals surface area contributed by atoms with E-state index in [-0.39, 0.29) is 0 Å². The predicted molar refractivity (Wildman–Crippen MR) is 94.1 cm³/mol. The summed E-state index contributed by atoms with van der Waals surface area (Å²) in [5.41, 5.74) is 1.69. The van der Waals surface area contributed by atoms with Gasteiger partial charge in [-0.15, -0.1) is 0 Å². The number of halogens is 1. The molecule has 0 aromatic heterocycles. The van der Waals surface area contributed by atoms with Crippen LogP contribution in [0.1, 0.15) is 15.9 Å². The number of nitrogens with one attached hydrogen (secondary N) is 1. The lowest BCUT2D eigenvalue weighted by atomic mass is 10.1. The highest BCUT2D eigenvalue weighted by Gasteiger charge is 2.12. The van der Waals surface area contributed by atoms with Gasteiger partial charge in [0.25, 0.3) is 5.91 Å². The molecule has 2 aromatic carbocycles. The average molecular weight is 364 g/mol. The third kappa shape index (κ3) is 5.48. The second kappa shape index (κ2) is 9.05. The first-order valence-corrected chi connectivity index (χ1v) is 7.79. The van der Waals surface area contributed by atoms with E-state index in [0.29, 0.717) is 28.6 Å². The van der Waals surface area contributed by atoms with Gasteiger partial charge in [-0.25, -0.2) is 4.79 Å². The number of rotatable bonds is 7. The van der Waals surface area contributed by atoms with Crippen LogP contribution >= 0.6 is 11.6 Å². The molecule has 0 heterocycles. The molecule has 25 heavy (non-hydrogen) atoms. The molecule has 132 valence electrons. The SMILES string of the molecule is COCc1ccc(C(=O)OCC(=O)Nc2cc(Cl)ccc2OC)cc1. The summed E-state index contributed by atoms with van der Waals surface area (Å²) in [6.45, 7) is 0.0352. The van der Waals surface area contributed by atoms with Crippen LogP contribution in [0.25, 0.3) is 0 Å². The largest absolute Gasteiger partial charge is 0.495 e. The summed E-state index contributed by atoms with van der Waals surface area (Å²) in [6.07, 6.45) is 0. The minimum absolute atomic E-state index is 0.355. The maximum atomic E-state index is 12.0. The molecular weight excluding hydrogens is 346 g/mol. The molecule has 0 saturated carbocycles. The fourth-order valence-electron chi connectivity index (χ4n) is 2.08. The Kier molecular flexibility index (Phi) is 6.80. The number of ether oxygens (including phenoxy) is 3. The lowest BCUT2D eigenvalue weighted by Gasteiger charge is -2.11. The molecule has 7 heteroatoms. The number of methoxy groups -OCH3 is 2. The third-order valence-electron chi connectivity index (χ3n) is 3.27. The van der Waals surface area contributed by atoms with E-state index in [4.69, 9.17) is 25.8 Å². The molecule has 0 fully saturated rings. The molecule has 0 saturated heterocycles. The summed E-state index contributed by atoms with van der Waals surface area (Å²) in [6, 6.07) is 11.6. The van der Waals surface area contributed by atoms with Crippen LogP contribution in [-0.4, -0.2) is 32.7 Å². The lowest BCUT2D eigenvalue weighted by molar-refractivity contribution is -0.119. The van der Waals surface area contributed by atoms with E-state index in [1.165, 1.54) is 7.11 Å². The molecule has 0 bridgehead atoms. The summed E-state index contributed by atoms with van der Waals surface area (Å²) in [4.78, 5) is 23.9. The van der Waals surface area contributed by atoms with Crippen molar-refractivity contribution in [1.29, 1.82) is 0 Å². The minimum atomic E-state index is -0.586. The first-order chi connectivity index (χ1) is 12.0. The Bertz CT molecular complexity index is 746. The Hall–Kier alpha value is -2.57. The number of carbonyl (C=O) groups is 2. The molecule has 1 N–H and O–H groups in total. The summed E-state index contributed by atoms with van der Waals surface area (Å²) < 4.78 is 15.1. The molecule has 2 aromatic rings. The van der Waals surface area contributed by atoms with Crippen molar-refractivity contribution in [3.8, 4) is 5.75 Å². The van der Waals surface area contributed by atoms with E-state index >= 15 is 0 Å². The summed E-state index contributed by atoms with van der Waals surface area (Å²) in [5.74, 6) is -0.625. The Morgan fingerprint density at radius 3 is 2.44 bits per heavy atom. The van der Waals surface area contributed by atoms with Gasteiger partial charge in [-0.3, -0.25) is 4.79 Å². The fourth-order valence-corrected chi connectivity index (χ4v) is 2.25. The summed E-state index contributed by atoms with van der Waals surface area (Å²) >= 11 is 5.90. The Morgan fingerprint density at radius 2 is 1.80 bits per heavy atom. The molecule has 0 atom stereocenters. The smallest absolute Gasteiger partial charge is 0.338 e. The van der Waals surface area contributed by atoms with Crippen molar-refractivity contribution in [1.82, 2.24) is 0 Å². The van der Waals surface area contributed by atoms with Gasteiger partial charge in [0, 0.05) is 12.1 Å². The molecular formula is C18H18ClNO5. The molecule has 0 radical (unpaired) electrons. The van der Waals surface area contributed by atoms with Crippen LogP contribution in [0.3, 0.4) is 0 Å². The molecule has 2 rings (SSSR count). The normalized spacial score (nSPS) is 10.2. The maximum absolute atomic E-state index is 12.0. The molecule has 1 amide bonds. The standard InChI is InChI=1S/C18H18ClNO5/c1-23-10-12-3-5-13(6-4-12)18(22)25-11-17(21)20-15-9-14(19)7-8-16(15)24-2/h3-9H,10-11H2,1-2H3,(H,20,21). The van der Waals surface area contributed by atoms with E-state index in [2.05, 4.69) is 5.32 Å². The van der Waals surface area contributed by atoms with E-state index in [1.54, 1.807) is 49.6 Å². The Labute approximate surface area is 150 Å². The topological polar surface area (TPSA) is 73.9 Å². The molecule has 0 unspecified atom stereocenters. The van der Waals surface area contributed by atoms with Crippen molar-refractivity contribution >= 4 is 29.2 Å². The van der Waals surface area contributed by atoms with Crippen LogP contribution in [0.15, 0.2) is 42.5 Å². The first kappa shape index (κ1) is 18.8. The first-order valence-electron chi connectivity index (χ1n) is 7.42. The highest BCUT2D eigenvalue weighted by atomic mass is 35.5. The lowest BCUT2D eigenvalue weighted by Crippen LogP contribution is -2.21. The van der Waals surface area contributed by atoms with Crippen molar-refractivity contribution in [2.75, 3.05) is 26.1 Å². The van der Waals surface area contributed by atoms with Crippen molar-refractivity contribution in [3.05, 3.63) is 58.6 Å². The van der Waals surface area contributed by atoms with Crippen molar-refractivity contribution in [3.63, 3.8) is 0 Å². The van der Waals surface area contributed by atoms with Crippen LogP contribution < -0.4 is 10.1 Å². The summed E-state index contributed by atoms with van der Waals surface area (Å²) in [5, 5.41) is 3.04. The summed E-state index contributed by atoms with van der Waals surface area (Å²) in [7, 11) is 3.07. The number of benzene rings is 2. The fraction of sp³-hybridized carbons (Fsp3) is 0.222. The number of hydrogen-bond donors (Lipinski definition) is 1. The molecule has 0 aliphatic rings. The van der Waals surface area contributed by atoms with Crippen LogP contribution in [0, 0.1) is 0 Å². The molecule has 0 aliphatic carbocycles. The van der Waals surface area contributed by atoms with Gasteiger partial charge in [0.2, 0.25) is 0 Å². The van der Waals surface area contributed by atoms with Crippen molar-refractivity contribution in [2.45, 2.75) is 6.61 Å². The second-order valence-corrected chi connectivity index (χ2v) is 5.54. The van der Waals surface area contributed by atoms with Crippen molar-refractivity contribution < 1.29 is 23.8 Å².